The number of nitrogen functional groups attached to an aromatic ring is 1. The van der Waals surface area contributed by atoms with Gasteiger partial charge < -0.3 is 41.0 Å². The number of carboxylic acid groups (broad SMARTS) is 1. The van der Waals surface area contributed by atoms with Crippen LogP contribution in [0.1, 0.15) is 11.8 Å². The van der Waals surface area contributed by atoms with Crippen LogP contribution in [0.25, 0.3) is 11.2 Å². The number of aromatic nitrogens is 4. The van der Waals surface area contributed by atoms with Gasteiger partial charge >= 0.3 is 5.97 Å². The maximum atomic E-state index is 10.6. The molecule has 0 saturated carbocycles. The van der Waals surface area contributed by atoms with Crippen molar-refractivity contribution in [1.82, 2.24) is 19.5 Å². The minimum Gasteiger partial charge on any atom is -0.482 e. The molecule has 0 aliphatic carbocycles. The molecular formula is C20H25ClN6O7. The third-order valence-electron chi connectivity index (χ3n) is 5.22. The Morgan fingerprint density at radius 2 is 1.94 bits per heavy atom. The van der Waals surface area contributed by atoms with Gasteiger partial charge in [0, 0.05) is 6.54 Å². The van der Waals surface area contributed by atoms with E-state index in [1.165, 1.54) is 10.9 Å². The standard InChI is InChI=1S/C20H24N6O7.ClH/c21-17-14-18(26(9-23-14)19-16(31)15(30)12(7-27)33-19)25-20(24-17)22-6-5-10-1-3-11(4-2-10)32-8-13(28)29;/h1-4,9,12,15-16,19,27,30-31H,5-8H2,(H,28,29)(H3,21,22,24,25);1H/t12-,15-,16-,19-;/m1./s1. The number of fused-ring (bicyclic) bond motifs is 1. The molecule has 1 fully saturated rings. The van der Waals surface area contributed by atoms with Crippen LogP contribution in [0.3, 0.4) is 0 Å². The number of imidazole rings is 1. The van der Waals surface area contributed by atoms with E-state index >= 15 is 0 Å². The number of halogens is 1. The van der Waals surface area contributed by atoms with Crippen molar-refractivity contribution in [2.75, 3.05) is 30.8 Å². The van der Waals surface area contributed by atoms with Gasteiger partial charge in [-0.3, -0.25) is 4.57 Å². The van der Waals surface area contributed by atoms with Crippen LogP contribution >= 0.6 is 12.4 Å². The molecular weight excluding hydrogens is 472 g/mol. The topological polar surface area (TPSA) is 198 Å². The van der Waals surface area contributed by atoms with E-state index in [0.29, 0.717) is 29.9 Å². The van der Waals surface area contributed by atoms with Crippen LogP contribution < -0.4 is 15.8 Å². The van der Waals surface area contributed by atoms with Gasteiger partial charge in [-0.1, -0.05) is 12.1 Å². The van der Waals surface area contributed by atoms with Gasteiger partial charge in [-0.05, 0) is 24.1 Å². The van der Waals surface area contributed by atoms with Crippen molar-refractivity contribution in [3.63, 3.8) is 0 Å². The minimum atomic E-state index is -1.28. The molecule has 4 rings (SSSR count). The lowest BCUT2D eigenvalue weighted by Gasteiger charge is -2.16. The highest BCUT2D eigenvalue weighted by molar-refractivity contribution is 5.85. The summed E-state index contributed by atoms with van der Waals surface area (Å²) in [4.78, 5) is 23.4. The lowest BCUT2D eigenvalue weighted by atomic mass is 10.1. The quantitative estimate of drug-likeness (QED) is 0.223. The Kier molecular flexibility index (Phi) is 8.06. The summed E-state index contributed by atoms with van der Waals surface area (Å²) < 4.78 is 12.1. The van der Waals surface area contributed by atoms with E-state index < -0.39 is 43.7 Å². The fraction of sp³-hybridized carbons (Fsp3) is 0.400. The Bertz CT molecular complexity index is 1130. The molecule has 34 heavy (non-hydrogen) atoms. The van der Waals surface area contributed by atoms with Crippen molar-refractivity contribution in [3.8, 4) is 5.75 Å². The SMILES string of the molecule is Cl.Nc1nc(NCCc2ccc(OCC(=O)O)cc2)nc2c1ncn2[C@@H]1O[C@H](CO)[C@@H](O)[C@H]1O. The van der Waals surface area contributed by atoms with Crippen molar-refractivity contribution in [3.05, 3.63) is 36.2 Å². The number of aliphatic hydroxyl groups excluding tert-OH is 3. The monoisotopic (exact) mass is 496 g/mol. The van der Waals surface area contributed by atoms with E-state index in [1.54, 1.807) is 12.1 Å². The summed E-state index contributed by atoms with van der Waals surface area (Å²) in [6, 6.07) is 7.04. The molecule has 0 amide bonds. The first-order chi connectivity index (χ1) is 15.9. The Hall–Kier alpha value is -3.23. The molecule has 0 unspecified atom stereocenters. The summed E-state index contributed by atoms with van der Waals surface area (Å²) in [6.45, 7) is -0.374. The number of aliphatic hydroxyl groups is 3. The van der Waals surface area contributed by atoms with E-state index in [2.05, 4.69) is 20.3 Å². The maximum Gasteiger partial charge on any atom is 0.341 e. The maximum absolute atomic E-state index is 10.6. The second kappa shape index (κ2) is 10.8. The summed E-state index contributed by atoms with van der Waals surface area (Å²) in [6.07, 6.45) is -2.46. The van der Waals surface area contributed by atoms with Crippen LogP contribution in [0.4, 0.5) is 11.8 Å². The van der Waals surface area contributed by atoms with Crippen molar-refractivity contribution in [1.29, 1.82) is 0 Å². The van der Waals surface area contributed by atoms with Gasteiger partial charge in [-0.15, -0.1) is 12.4 Å². The van der Waals surface area contributed by atoms with Crippen LogP contribution in [-0.2, 0) is 16.0 Å². The predicted molar refractivity (Wildman–Crippen MR) is 122 cm³/mol. The minimum absolute atomic E-state index is 0. The highest BCUT2D eigenvalue weighted by Gasteiger charge is 2.44. The number of nitrogens with two attached hydrogens (primary N) is 1. The molecule has 3 heterocycles. The normalized spacial score (nSPS) is 21.9. The van der Waals surface area contributed by atoms with Crippen molar-refractivity contribution < 1.29 is 34.7 Å². The molecule has 1 aliphatic rings. The first-order valence-corrected chi connectivity index (χ1v) is 10.2. The van der Waals surface area contributed by atoms with Gasteiger partial charge in [0.2, 0.25) is 5.95 Å². The zero-order valence-electron chi connectivity index (χ0n) is 17.8. The zero-order valence-corrected chi connectivity index (χ0v) is 18.6. The molecule has 3 aromatic rings. The largest absolute Gasteiger partial charge is 0.482 e. The van der Waals surface area contributed by atoms with Gasteiger partial charge in [-0.2, -0.15) is 9.97 Å². The van der Waals surface area contributed by atoms with Crippen molar-refractivity contribution in [2.45, 2.75) is 31.0 Å². The Balaban J connectivity index is 0.00000324. The Morgan fingerprint density at radius 3 is 2.59 bits per heavy atom. The van der Waals surface area contributed by atoms with Gasteiger partial charge in [-0.25, -0.2) is 9.78 Å². The zero-order chi connectivity index (χ0) is 23.5. The number of anilines is 2. The number of rotatable bonds is 9. The van der Waals surface area contributed by atoms with E-state index in [-0.39, 0.29) is 24.2 Å². The number of ether oxygens (including phenoxy) is 2. The summed E-state index contributed by atoms with van der Waals surface area (Å²) in [5, 5.41) is 41.4. The van der Waals surface area contributed by atoms with Crippen molar-refractivity contribution in [2.24, 2.45) is 0 Å². The second-order valence-electron chi connectivity index (χ2n) is 7.49. The first kappa shape index (κ1) is 25.4. The number of aliphatic carboxylic acids is 1. The van der Waals surface area contributed by atoms with Gasteiger partial charge in [0.05, 0.1) is 12.9 Å². The van der Waals surface area contributed by atoms with Crippen molar-refractivity contribution >= 4 is 41.3 Å². The number of carbonyl (C=O) groups is 1. The van der Waals surface area contributed by atoms with E-state index in [1.807, 2.05) is 12.1 Å². The highest BCUT2D eigenvalue weighted by atomic mass is 35.5. The van der Waals surface area contributed by atoms with Crippen LogP contribution in [0, 0.1) is 0 Å². The van der Waals surface area contributed by atoms with E-state index in [9.17, 15) is 20.1 Å². The third-order valence-corrected chi connectivity index (χ3v) is 5.22. The molecule has 1 aliphatic heterocycles. The second-order valence-corrected chi connectivity index (χ2v) is 7.49. The summed E-state index contributed by atoms with van der Waals surface area (Å²) in [5.41, 5.74) is 7.62. The van der Waals surface area contributed by atoms with Crippen LogP contribution in [0.5, 0.6) is 5.75 Å². The molecule has 7 N–H and O–H groups in total. The fourth-order valence-electron chi connectivity index (χ4n) is 3.53. The summed E-state index contributed by atoms with van der Waals surface area (Å²) in [5.74, 6) is -0.198. The number of nitrogens with zero attached hydrogens (tertiary/aromatic N) is 4. The lowest BCUT2D eigenvalue weighted by Crippen LogP contribution is -2.33. The van der Waals surface area contributed by atoms with E-state index in [0.717, 1.165) is 5.56 Å². The number of nitrogens with one attached hydrogen (secondary N) is 1. The van der Waals surface area contributed by atoms with E-state index in [4.69, 9.17) is 20.3 Å². The average molecular weight is 497 g/mol. The molecule has 4 atom stereocenters. The molecule has 0 radical (unpaired) electrons. The Labute approximate surface area is 199 Å². The molecule has 1 saturated heterocycles. The lowest BCUT2D eigenvalue weighted by molar-refractivity contribution is -0.139. The third kappa shape index (κ3) is 5.29. The molecule has 0 spiro atoms. The highest BCUT2D eigenvalue weighted by Crippen LogP contribution is 2.32. The van der Waals surface area contributed by atoms with Gasteiger partial charge in [0.15, 0.2) is 24.3 Å². The summed E-state index contributed by atoms with van der Waals surface area (Å²) >= 11 is 0. The summed E-state index contributed by atoms with van der Waals surface area (Å²) in [7, 11) is 0. The number of hydrogen-bond acceptors (Lipinski definition) is 11. The average Bonchev–Trinajstić information content (AvgIpc) is 3.34. The van der Waals surface area contributed by atoms with Gasteiger partial charge in [0.1, 0.15) is 29.6 Å². The van der Waals surface area contributed by atoms with Gasteiger partial charge in [0.25, 0.3) is 0 Å². The number of benzene rings is 1. The molecule has 0 bridgehead atoms. The molecule has 1 aromatic carbocycles. The first-order valence-electron chi connectivity index (χ1n) is 10.2. The van der Waals surface area contributed by atoms with Crippen LogP contribution in [0.2, 0.25) is 0 Å². The molecule has 13 nitrogen and oxygen atoms in total. The molecule has 2 aromatic heterocycles. The molecule has 14 heteroatoms. The predicted octanol–water partition coefficient (Wildman–Crippen LogP) is -0.440. The molecule has 184 valence electrons. The Morgan fingerprint density at radius 1 is 1.21 bits per heavy atom. The fourth-order valence-corrected chi connectivity index (χ4v) is 3.53. The van der Waals surface area contributed by atoms with Crippen LogP contribution in [0.15, 0.2) is 30.6 Å². The smallest absolute Gasteiger partial charge is 0.341 e. The number of hydrogen-bond donors (Lipinski definition) is 6. The van der Waals surface area contributed by atoms with Crippen LogP contribution in [-0.4, -0.2) is 84.0 Å². The number of carboxylic acids is 1.